The molecule has 1 heterocycles. The van der Waals surface area contributed by atoms with E-state index >= 15 is 0 Å². The number of rotatable bonds is 5. The summed E-state index contributed by atoms with van der Waals surface area (Å²) < 4.78 is 0. The lowest BCUT2D eigenvalue weighted by atomic mass is 9.99. The van der Waals surface area contributed by atoms with Crippen molar-refractivity contribution in [3.05, 3.63) is 29.3 Å². The largest absolute Gasteiger partial charge is 0.374 e. The van der Waals surface area contributed by atoms with E-state index < -0.39 is 0 Å². The number of nitrogens with zero attached hydrogens (tertiary/aromatic N) is 3. The second kappa shape index (κ2) is 10.0. The lowest BCUT2D eigenvalue weighted by Crippen LogP contribution is -2.39. The number of fused-ring (bicyclic) bond motifs is 1. The quantitative estimate of drug-likeness (QED) is 0.441. The van der Waals surface area contributed by atoms with Crippen LogP contribution in [0, 0.1) is 0 Å². The van der Waals surface area contributed by atoms with Gasteiger partial charge in [0.2, 0.25) is 0 Å². The summed E-state index contributed by atoms with van der Waals surface area (Å²) in [4.78, 5) is 8.94. The van der Waals surface area contributed by atoms with Gasteiger partial charge in [0.1, 0.15) is 0 Å². The highest BCUT2D eigenvalue weighted by Crippen LogP contribution is 2.26. The first kappa shape index (κ1) is 20.1. The Morgan fingerprint density at radius 2 is 2.17 bits per heavy atom. The first-order valence-electron chi connectivity index (χ1n) is 8.40. The van der Waals surface area contributed by atoms with E-state index in [9.17, 15) is 0 Å². The van der Waals surface area contributed by atoms with Gasteiger partial charge < -0.3 is 15.1 Å². The molecule has 0 aromatic heterocycles. The second-order valence-corrected chi connectivity index (χ2v) is 6.16. The van der Waals surface area contributed by atoms with E-state index in [4.69, 9.17) is 0 Å². The van der Waals surface area contributed by atoms with Gasteiger partial charge in [0.25, 0.3) is 0 Å². The Bertz CT molecular complexity index is 516. The van der Waals surface area contributed by atoms with E-state index in [1.165, 1.54) is 49.0 Å². The predicted octanol–water partition coefficient (Wildman–Crippen LogP) is 3.49. The second-order valence-electron chi connectivity index (χ2n) is 6.16. The summed E-state index contributed by atoms with van der Waals surface area (Å²) in [5.74, 6) is 0.975. The molecule has 130 valence electrons. The zero-order valence-corrected chi connectivity index (χ0v) is 17.3. The highest BCUT2D eigenvalue weighted by Gasteiger charge is 2.14. The van der Waals surface area contributed by atoms with Crippen LogP contribution in [0.1, 0.15) is 37.3 Å². The minimum Gasteiger partial charge on any atom is -0.374 e. The van der Waals surface area contributed by atoms with Crippen LogP contribution in [0.2, 0.25) is 0 Å². The molecule has 1 aliphatic rings. The maximum atomic E-state index is 4.38. The first-order chi connectivity index (χ1) is 10.7. The average molecular weight is 430 g/mol. The molecule has 0 fully saturated rings. The van der Waals surface area contributed by atoms with Crippen LogP contribution >= 0.6 is 24.0 Å². The van der Waals surface area contributed by atoms with Crippen LogP contribution in [0.3, 0.4) is 0 Å². The molecular formula is C18H31IN4. The van der Waals surface area contributed by atoms with Crippen molar-refractivity contribution in [1.82, 2.24) is 10.2 Å². The number of benzene rings is 1. The van der Waals surface area contributed by atoms with E-state index in [1.54, 1.807) is 0 Å². The molecule has 5 heteroatoms. The maximum absolute atomic E-state index is 4.38. The number of unbranched alkanes of at least 4 members (excludes halogenated alkanes) is 1. The number of hydrogen-bond donors (Lipinski definition) is 1. The molecule has 1 aliphatic heterocycles. The lowest BCUT2D eigenvalue weighted by molar-refractivity contribution is 0.464. The molecule has 0 saturated carbocycles. The van der Waals surface area contributed by atoms with Crippen molar-refractivity contribution in [2.45, 2.75) is 39.2 Å². The van der Waals surface area contributed by atoms with Crippen LogP contribution in [-0.4, -0.2) is 45.1 Å². The van der Waals surface area contributed by atoms with Crippen molar-refractivity contribution in [2.24, 2.45) is 4.99 Å². The summed E-state index contributed by atoms with van der Waals surface area (Å²) in [6.45, 7) is 5.26. The molecule has 1 aromatic carbocycles. The smallest absolute Gasteiger partial charge is 0.193 e. The number of nitrogens with one attached hydrogen (secondary N) is 1. The summed E-state index contributed by atoms with van der Waals surface area (Å²) >= 11 is 0. The fourth-order valence-electron chi connectivity index (χ4n) is 3.02. The third-order valence-corrected chi connectivity index (χ3v) is 4.37. The van der Waals surface area contributed by atoms with Crippen LogP contribution in [0.4, 0.5) is 5.69 Å². The van der Waals surface area contributed by atoms with Gasteiger partial charge in [-0.05, 0) is 36.5 Å². The van der Waals surface area contributed by atoms with Crippen LogP contribution in [0.25, 0.3) is 0 Å². The Labute approximate surface area is 158 Å². The van der Waals surface area contributed by atoms with Crippen LogP contribution in [0.5, 0.6) is 0 Å². The number of anilines is 1. The molecule has 0 aliphatic carbocycles. The van der Waals surface area contributed by atoms with Gasteiger partial charge >= 0.3 is 0 Å². The Morgan fingerprint density at radius 1 is 1.39 bits per heavy atom. The Kier molecular flexibility index (Phi) is 8.73. The van der Waals surface area contributed by atoms with Crippen molar-refractivity contribution in [3.8, 4) is 0 Å². The molecule has 4 nitrogen and oxygen atoms in total. The molecule has 0 atom stereocenters. The maximum Gasteiger partial charge on any atom is 0.193 e. The molecule has 0 unspecified atom stereocenters. The zero-order valence-electron chi connectivity index (χ0n) is 14.9. The first-order valence-corrected chi connectivity index (χ1v) is 8.40. The fourth-order valence-corrected chi connectivity index (χ4v) is 3.02. The summed E-state index contributed by atoms with van der Waals surface area (Å²) in [5.41, 5.74) is 4.20. The normalized spacial score (nSPS) is 14.1. The number of guanidine groups is 1. The summed E-state index contributed by atoms with van der Waals surface area (Å²) in [5, 5.41) is 3.47. The molecule has 1 aromatic rings. The minimum atomic E-state index is 0. The van der Waals surface area contributed by atoms with Gasteiger partial charge in [-0.1, -0.05) is 25.5 Å². The van der Waals surface area contributed by atoms with E-state index in [-0.39, 0.29) is 24.0 Å². The van der Waals surface area contributed by atoms with Crippen molar-refractivity contribution in [1.29, 1.82) is 0 Å². The molecule has 0 spiro atoms. The zero-order chi connectivity index (χ0) is 15.9. The molecule has 1 N–H and O–H groups in total. The SMILES string of the molecule is CCCCN(C)C(=NC)NCc1ccc2c(c1)CCCN2C.I. The predicted molar refractivity (Wildman–Crippen MR) is 111 cm³/mol. The third-order valence-electron chi connectivity index (χ3n) is 4.37. The topological polar surface area (TPSA) is 30.9 Å². The van der Waals surface area contributed by atoms with Crippen molar-refractivity contribution >= 4 is 35.6 Å². The number of aliphatic imine (C=N–C) groups is 1. The van der Waals surface area contributed by atoms with Gasteiger partial charge in [-0.15, -0.1) is 24.0 Å². The summed E-state index contributed by atoms with van der Waals surface area (Å²) in [6.07, 6.45) is 4.85. The van der Waals surface area contributed by atoms with Crippen LogP contribution in [-0.2, 0) is 13.0 Å². The monoisotopic (exact) mass is 430 g/mol. The minimum absolute atomic E-state index is 0. The van der Waals surface area contributed by atoms with Crippen LogP contribution in [0.15, 0.2) is 23.2 Å². The highest BCUT2D eigenvalue weighted by atomic mass is 127. The number of hydrogen-bond acceptors (Lipinski definition) is 2. The Hall–Kier alpha value is -0.980. The molecule has 0 amide bonds. The molecule has 0 bridgehead atoms. The van der Waals surface area contributed by atoms with Gasteiger partial charge in [-0.25, -0.2) is 0 Å². The molecule has 0 saturated heterocycles. The molecule has 23 heavy (non-hydrogen) atoms. The number of aryl methyl sites for hydroxylation is 1. The van der Waals surface area contributed by atoms with E-state index in [1.807, 2.05) is 7.05 Å². The van der Waals surface area contributed by atoms with Gasteiger partial charge in [0, 0.05) is 46.5 Å². The summed E-state index contributed by atoms with van der Waals surface area (Å²) in [6, 6.07) is 6.83. The Balaban J connectivity index is 0.00000264. The lowest BCUT2D eigenvalue weighted by Gasteiger charge is -2.28. The van der Waals surface area contributed by atoms with E-state index in [0.717, 1.165) is 19.0 Å². The summed E-state index contributed by atoms with van der Waals surface area (Å²) in [7, 11) is 6.14. The Morgan fingerprint density at radius 3 is 2.87 bits per heavy atom. The van der Waals surface area contributed by atoms with Crippen LogP contribution < -0.4 is 10.2 Å². The van der Waals surface area contributed by atoms with Crippen molar-refractivity contribution in [2.75, 3.05) is 39.1 Å². The van der Waals surface area contributed by atoms with Gasteiger partial charge in [-0.3, -0.25) is 4.99 Å². The van der Waals surface area contributed by atoms with Gasteiger partial charge in [-0.2, -0.15) is 0 Å². The molecular weight excluding hydrogens is 399 g/mol. The van der Waals surface area contributed by atoms with E-state index in [2.05, 4.69) is 59.3 Å². The average Bonchev–Trinajstić information content (AvgIpc) is 2.53. The highest BCUT2D eigenvalue weighted by molar-refractivity contribution is 14.0. The third kappa shape index (κ3) is 5.55. The van der Waals surface area contributed by atoms with E-state index in [0.29, 0.717) is 0 Å². The number of halogens is 1. The van der Waals surface area contributed by atoms with Gasteiger partial charge in [0.15, 0.2) is 5.96 Å². The molecule has 0 radical (unpaired) electrons. The van der Waals surface area contributed by atoms with Crippen molar-refractivity contribution in [3.63, 3.8) is 0 Å². The van der Waals surface area contributed by atoms with Gasteiger partial charge in [0.05, 0.1) is 0 Å². The fraction of sp³-hybridized carbons (Fsp3) is 0.611. The standard InChI is InChI=1S/C18H30N4.HI/c1-5-6-11-22(4)18(19-2)20-14-15-9-10-17-16(13-15)8-7-12-21(17)3;/h9-10,13H,5-8,11-12,14H2,1-4H3,(H,19,20);1H. The van der Waals surface area contributed by atoms with Crippen molar-refractivity contribution < 1.29 is 0 Å². The molecule has 2 rings (SSSR count).